The summed E-state index contributed by atoms with van der Waals surface area (Å²) in [6.45, 7) is 3.47. The molecule has 8 heteroatoms. The summed E-state index contributed by atoms with van der Waals surface area (Å²) in [4.78, 5) is 26.2. The van der Waals surface area contributed by atoms with Crippen molar-refractivity contribution in [2.75, 3.05) is 32.0 Å². The lowest BCUT2D eigenvalue weighted by Crippen LogP contribution is -2.56. The van der Waals surface area contributed by atoms with Gasteiger partial charge in [-0.25, -0.2) is 0 Å². The first kappa shape index (κ1) is 15.3. The molecule has 21 heavy (non-hydrogen) atoms. The minimum Gasteiger partial charge on any atom is -0.396 e. The molecule has 1 aromatic rings. The number of amides is 2. The smallest absolute Gasteiger partial charge is 0.277 e. The maximum Gasteiger partial charge on any atom is 0.277 e. The average Bonchev–Trinajstić information content (AvgIpc) is 2.82. The van der Waals surface area contributed by atoms with Crippen molar-refractivity contribution in [3.63, 3.8) is 0 Å². The van der Waals surface area contributed by atoms with Crippen LogP contribution >= 0.6 is 0 Å². The molecule has 1 fully saturated rings. The maximum atomic E-state index is 12.6. The number of ether oxygens (including phenoxy) is 1. The minimum absolute atomic E-state index is 0.174. The molecule has 0 bridgehead atoms. The van der Waals surface area contributed by atoms with Crippen molar-refractivity contribution in [1.29, 1.82) is 0 Å². The monoisotopic (exact) mass is 295 g/mol. The Labute approximate surface area is 123 Å². The first-order valence-electron chi connectivity index (χ1n) is 7.00. The van der Waals surface area contributed by atoms with Crippen LogP contribution in [0.15, 0.2) is 6.20 Å². The fourth-order valence-corrected chi connectivity index (χ4v) is 2.24. The highest BCUT2D eigenvalue weighted by Crippen LogP contribution is 2.16. The van der Waals surface area contributed by atoms with Gasteiger partial charge >= 0.3 is 0 Å². The van der Waals surface area contributed by atoms with Crippen LogP contribution < -0.4 is 11.1 Å². The van der Waals surface area contributed by atoms with Gasteiger partial charge in [0.1, 0.15) is 6.04 Å². The molecule has 116 valence electrons. The van der Waals surface area contributed by atoms with Crippen molar-refractivity contribution in [2.24, 2.45) is 7.05 Å². The van der Waals surface area contributed by atoms with E-state index in [2.05, 4.69) is 10.4 Å². The van der Waals surface area contributed by atoms with E-state index >= 15 is 0 Å². The largest absolute Gasteiger partial charge is 0.396 e. The standard InChI is InChI=1S/C13H21N5O3/c1-3-4-15-12(19)10-8-21-6-5-18(10)13(20)11-9(14)7-17(2)16-11/h7,10H,3-6,8,14H2,1-2H3,(H,15,19). The number of carbonyl (C=O) groups excluding carboxylic acids is 2. The molecular weight excluding hydrogens is 274 g/mol. The van der Waals surface area contributed by atoms with Crippen LogP contribution in [0.1, 0.15) is 23.8 Å². The lowest BCUT2D eigenvalue weighted by Gasteiger charge is -2.34. The van der Waals surface area contributed by atoms with Crippen molar-refractivity contribution in [3.05, 3.63) is 11.9 Å². The SMILES string of the molecule is CCCNC(=O)C1COCCN1C(=O)c1nn(C)cc1N. The zero-order valence-electron chi connectivity index (χ0n) is 12.3. The molecule has 1 unspecified atom stereocenters. The summed E-state index contributed by atoms with van der Waals surface area (Å²) in [6, 6.07) is -0.640. The van der Waals surface area contributed by atoms with Crippen molar-refractivity contribution >= 4 is 17.5 Å². The van der Waals surface area contributed by atoms with Gasteiger partial charge in [0.2, 0.25) is 5.91 Å². The van der Waals surface area contributed by atoms with Crippen molar-refractivity contribution < 1.29 is 14.3 Å². The van der Waals surface area contributed by atoms with E-state index in [0.29, 0.717) is 25.4 Å². The number of aryl methyl sites for hydroxylation is 1. The van der Waals surface area contributed by atoms with Crippen molar-refractivity contribution in [3.8, 4) is 0 Å². The number of nitrogens with two attached hydrogens (primary N) is 1. The molecule has 1 saturated heterocycles. The van der Waals surface area contributed by atoms with Gasteiger partial charge in [0, 0.05) is 26.3 Å². The van der Waals surface area contributed by atoms with Crippen LogP contribution in [0.3, 0.4) is 0 Å². The molecular formula is C13H21N5O3. The highest BCUT2D eigenvalue weighted by Gasteiger charge is 2.34. The van der Waals surface area contributed by atoms with Crippen LogP contribution in [0.4, 0.5) is 5.69 Å². The molecule has 1 aliphatic heterocycles. The predicted octanol–water partition coefficient (Wildman–Crippen LogP) is -0.630. The maximum absolute atomic E-state index is 12.6. The molecule has 2 heterocycles. The van der Waals surface area contributed by atoms with Gasteiger partial charge in [-0.05, 0) is 6.42 Å². The number of hydrogen-bond donors (Lipinski definition) is 2. The molecule has 0 aliphatic carbocycles. The number of nitrogens with one attached hydrogen (secondary N) is 1. The number of carbonyl (C=O) groups is 2. The normalized spacial score (nSPS) is 18.6. The van der Waals surface area contributed by atoms with Crippen molar-refractivity contribution in [1.82, 2.24) is 20.0 Å². The Balaban J connectivity index is 2.16. The fourth-order valence-electron chi connectivity index (χ4n) is 2.24. The number of nitrogen functional groups attached to an aromatic ring is 1. The van der Waals surface area contributed by atoms with E-state index in [1.807, 2.05) is 6.92 Å². The molecule has 1 aromatic heterocycles. The molecule has 2 amide bonds. The fraction of sp³-hybridized carbons (Fsp3) is 0.615. The lowest BCUT2D eigenvalue weighted by molar-refractivity contribution is -0.130. The summed E-state index contributed by atoms with van der Waals surface area (Å²) in [6.07, 6.45) is 2.40. The van der Waals surface area contributed by atoms with Gasteiger partial charge in [0.15, 0.2) is 5.69 Å². The molecule has 0 spiro atoms. The topological polar surface area (TPSA) is 102 Å². The van der Waals surface area contributed by atoms with Crippen LogP contribution in [0, 0.1) is 0 Å². The van der Waals surface area contributed by atoms with Gasteiger partial charge in [-0.1, -0.05) is 6.92 Å². The Morgan fingerprint density at radius 2 is 2.33 bits per heavy atom. The van der Waals surface area contributed by atoms with E-state index in [9.17, 15) is 9.59 Å². The molecule has 1 atom stereocenters. The third kappa shape index (κ3) is 3.33. The van der Waals surface area contributed by atoms with Crippen LogP contribution in [0.2, 0.25) is 0 Å². The highest BCUT2D eigenvalue weighted by atomic mass is 16.5. The first-order valence-corrected chi connectivity index (χ1v) is 7.00. The van der Waals surface area contributed by atoms with Gasteiger partial charge < -0.3 is 20.7 Å². The molecule has 0 aromatic carbocycles. The second kappa shape index (κ2) is 6.57. The van der Waals surface area contributed by atoms with E-state index < -0.39 is 6.04 Å². The summed E-state index contributed by atoms with van der Waals surface area (Å²) >= 11 is 0. The molecule has 3 N–H and O–H groups in total. The summed E-state index contributed by atoms with van der Waals surface area (Å²) < 4.78 is 6.80. The van der Waals surface area contributed by atoms with Gasteiger partial charge in [-0.15, -0.1) is 0 Å². The summed E-state index contributed by atoms with van der Waals surface area (Å²) in [7, 11) is 1.69. The quantitative estimate of drug-likeness (QED) is 0.770. The van der Waals surface area contributed by atoms with Gasteiger partial charge in [-0.3, -0.25) is 14.3 Å². The Kier molecular flexibility index (Phi) is 4.79. The van der Waals surface area contributed by atoms with Gasteiger partial charge in [0.05, 0.1) is 18.9 Å². The van der Waals surface area contributed by atoms with Crippen LogP contribution in [-0.4, -0.2) is 58.8 Å². The Morgan fingerprint density at radius 3 is 2.95 bits per heavy atom. The number of aromatic nitrogens is 2. The predicted molar refractivity (Wildman–Crippen MR) is 76.6 cm³/mol. The Bertz CT molecular complexity index is 528. The number of anilines is 1. The summed E-state index contributed by atoms with van der Waals surface area (Å²) in [5.74, 6) is -0.549. The van der Waals surface area contributed by atoms with Crippen LogP contribution in [-0.2, 0) is 16.6 Å². The lowest BCUT2D eigenvalue weighted by atomic mass is 10.2. The van der Waals surface area contributed by atoms with Crippen LogP contribution in [0.25, 0.3) is 0 Å². The van der Waals surface area contributed by atoms with E-state index in [4.69, 9.17) is 10.5 Å². The molecule has 1 aliphatic rings. The molecule has 8 nitrogen and oxygen atoms in total. The van der Waals surface area contributed by atoms with E-state index in [-0.39, 0.29) is 24.1 Å². The first-order chi connectivity index (χ1) is 10.0. The van der Waals surface area contributed by atoms with E-state index in [0.717, 1.165) is 6.42 Å². The number of rotatable bonds is 4. The molecule has 0 radical (unpaired) electrons. The zero-order valence-corrected chi connectivity index (χ0v) is 12.3. The third-order valence-corrected chi connectivity index (χ3v) is 3.30. The summed E-state index contributed by atoms with van der Waals surface area (Å²) in [5.41, 5.74) is 6.27. The Morgan fingerprint density at radius 1 is 1.57 bits per heavy atom. The molecule has 2 rings (SSSR count). The average molecular weight is 295 g/mol. The summed E-state index contributed by atoms with van der Waals surface area (Å²) in [5, 5.41) is 6.86. The van der Waals surface area contributed by atoms with Gasteiger partial charge in [0.25, 0.3) is 5.91 Å². The third-order valence-electron chi connectivity index (χ3n) is 3.30. The number of hydrogen-bond acceptors (Lipinski definition) is 5. The molecule has 0 saturated carbocycles. The second-order valence-electron chi connectivity index (χ2n) is 4.99. The Hall–Kier alpha value is -2.09. The minimum atomic E-state index is -0.640. The highest BCUT2D eigenvalue weighted by molar-refractivity contribution is 5.99. The second-order valence-corrected chi connectivity index (χ2v) is 4.99. The number of nitrogens with zero attached hydrogens (tertiary/aromatic N) is 3. The zero-order chi connectivity index (χ0) is 15.4. The van der Waals surface area contributed by atoms with Gasteiger partial charge in [-0.2, -0.15) is 5.10 Å². The van der Waals surface area contributed by atoms with Crippen molar-refractivity contribution in [2.45, 2.75) is 19.4 Å². The van der Waals surface area contributed by atoms with E-state index in [1.54, 1.807) is 13.2 Å². The number of morpholine rings is 1. The van der Waals surface area contributed by atoms with Crippen LogP contribution in [0.5, 0.6) is 0 Å². The van der Waals surface area contributed by atoms with E-state index in [1.165, 1.54) is 9.58 Å².